The maximum atomic E-state index is 12.6. The predicted octanol–water partition coefficient (Wildman–Crippen LogP) is 8.04. The number of phosphoric acid groups is 1. The molecular weight excluding hydrogens is 551 g/mol. The average molecular weight is 615 g/mol. The van der Waals surface area contributed by atoms with Gasteiger partial charge < -0.3 is 21.1 Å². The molecule has 0 fully saturated rings. The number of amides is 1. The molecule has 9 heteroatoms. The molecule has 5 N–H and O–H groups in total. The zero-order chi connectivity index (χ0) is 31.2. The van der Waals surface area contributed by atoms with Crippen LogP contribution in [0.25, 0.3) is 0 Å². The zero-order valence-corrected chi connectivity index (χ0v) is 27.6. The van der Waals surface area contributed by atoms with Crippen LogP contribution in [0.2, 0.25) is 0 Å². The fourth-order valence-corrected chi connectivity index (χ4v) is 5.15. The maximum absolute atomic E-state index is 12.6. The SMILES string of the molecule is CCCCC/C=C\C/C=C\CCCCCCCC(=O)NC(COP(=O)(O)OCCN)C(O)/C=C/CCCCCCCC. The minimum Gasteiger partial charge on any atom is -0.387 e. The van der Waals surface area contributed by atoms with Gasteiger partial charge in [0.1, 0.15) is 0 Å². The van der Waals surface area contributed by atoms with Crippen molar-refractivity contribution < 1.29 is 28.4 Å². The van der Waals surface area contributed by atoms with Crippen molar-refractivity contribution in [2.45, 2.75) is 148 Å². The van der Waals surface area contributed by atoms with Gasteiger partial charge >= 0.3 is 7.82 Å². The van der Waals surface area contributed by atoms with Crippen LogP contribution >= 0.6 is 7.82 Å². The van der Waals surface area contributed by atoms with Gasteiger partial charge in [0.25, 0.3) is 0 Å². The van der Waals surface area contributed by atoms with E-state index in [0.29, 0.717) is 6.42 Å². The quantitative estimate of drug-likeness (QED) is 0.0366. The summed E-state index contributed by atoms with van der Waals surface area (Å²) in [5.41, 5.74) is 5.32. The first-order valence-corrected chi connectivity index (χ1v) is 18.1. The number of unbranched alkanes of at least 4 members (excludes halogenated alkanes) is 14. The maximum Gasteiger partial charge on any atom is 0.472 e. The second-order valence-electron chi connectivity index (χ2n) is 11.0. The van der Waals surface area contributed by atoms with Crippen LogP contribution < -0.4 is 11.1 Å². The fraction of sp³-hybridized carbons (Fsp3) is 0.788. The monoisotopic (exact) mass is 614 g/mol. The lowest BCUT2D eigenvalue weighted by atomic mass is 10.1. The number of phosphoric ester groups is 1. The number of carbonyl (C=O) groups is 1. The normalized spacial score (nSPS) is 15.1. The molecule has 0 aromatic heterocycles. The second kappa shape index (κ2) is 29.8. The molecule has 0 saturated carbocycles. The molecule has 0 heterocycles. The van der Waals surface area contributed by atoms with Gasteiger partial charge in [0, 0.05) is 13.0 Å². The molecule has 0 aliphatic heterocycles. The van der Waals surface area contributed by atoms with Gasteiger partial charge in [-0.3, -0.25) is 13.8 Å². The molecule has 0 radical (unpaired) electrons. The van der Waals surface area contributed by atoms with Crippen LogP contribution in [0.5, 0.6) is 0 Å². The van der Waals surface area contributed by atoms with Crippen molar-refractivity contribution in [1.82, 2.24) is 5.32 Å². The lowest BCUT2D eigenvalue weighted by molar-refractivity contribution is -0.123. The largest absolute Gasteiger partial charge is 0.472 e. The van der Waals surface area contributed by atoms with Crippen molar-refractivity contribution in [3.63, 3.8) is 0 Å². The van der Waals surface area contributed by atoms with Crippen molar-refractivity contribution in [2.24, 2.45) is 5.73 Å². The van der Waals surface area contributed by atoms with E-state index < -0.39 is 20.0 Å². The van der Waals surface area contributed by atoms with E-state index in [4.69, 9.17) is 14.8 Å². The van der Waals surface area contributed by atoms with E-state index in [9.17, 15) is 19.4 Å². The molecule has 0 aromatic carbocycles. The highest BCUT2D eigenvalue weighted by Crippen LogP contribution is 2.43. The molecule has 1 amide bonds. The molecule has 246 valence electrons. The van der Waals surface area contributed by atoms with E-state index in [0.717, 1.165) is 64.2 Å². The minimum atomic E-state index is -4.32. The standard InChI is InChI=1S/C33H63N2O6P/c1-3-5-7-9-11-13-14-15-16-17-18-19-21-23-25-27-33(37)35-31(30-41-42(38,39)40-29-28-34)32(36)26-24-22-20-12-10-8-6-4-2/h11,13,15-16,24,26,31-32,36H,3-10,12,14,17-23,25,27-30,34H2,1-2H3,(H,35,37)(H,38,39)/b13-11-,16-15-,26-24+. The summed E-state index contributed by atoms with van der Waals surface area (Å²) in [5.74, 6) is -0.215. The molecule has 0 aliphatic carbocycles. The van der Waals surface area contributed by atoms with E-state index in [1.807, 2.05) is 6.08 Å². The van der Waals surface area contributed by atoms with Gasteiger partial charge in [-0.1, -0.05) is 115 Å². The molecular formula is C33H63N2O6P. The number of hydrogen-bond donors (Lipinski definition) is 4. The third-order valence-electron chi connectivity index (χ3n) is 6.96. The number of aliphatic hydroxyl groups is 1. The Balaban J connectivity index is 4.37. The lowest BCUT2D eigenvalue weighted by Crippen LogP contribution is -2.45. The molecule has 0 aromatic rings. The van der Waals surface area contributed by atoms with Crippen molar-refractivity contribution in [3.8, 4) is 0 Å². The molecule has 0 spiro atoms. The first-order chi connectivity index (χ1) is 20.4. The second-order valence-corrected chi connectivity index (χ2v) is 12.5. The number of hydrogen-bond acceptors (Lipinski definition) is 6. The van der Waals surface area contributed by atoms with Gasteiger partial charge in [0.2, 0.25) is 5.91 Å². The van der Waals surface area contributed by atoms with Gasteiger partial charge in [0.05, 0.1) is 25.4 Å². The van der Waals surface area contributed by atoms with Crippen LogP contribution in [0, 0.1) is 0 Å². The highest BCUT2D eigenvalue weighted by molar-refractivity contribution is 7.47. The number of nitrogens with one attached hydrogen (secondary N) is 1. The van der Waals surface area contributed by atoms with Gasteiger partial charge in [-0.05, 0) is 51.4 Å². The number of carbonyl (C=O) groups excluding carboxylic acids is 1. The zero-order valence-electron chi connectivity index (χ0n) is 26.7. The van der Waals surface area contributed by atoms with Crippen LogP contribution in [-0.2, 0) is 18.4 Å². The van der Waals surface area contributed by atoms with Crippen molar-refractivity contribution in [3.05, 3.63) is 36.5 Å². The summed E-state index contributed by atoms with van der Waals surface area (Å²) in [7, 11) is -4.32. The first kappa shape index (κ1) is 40.7. The third kappa shape index (κ3) is 27.5. The molecule has 8 nitrogen and oxygen atoms in total. The van der Waals surface area contributed by atoms with Crippen molar-refractivity contribution >= 4 is 13.7 Å². The Labute approximate surface area is 257 Å². The summed E-state index contributed by atoms with van der Waals surface area (Å²) in [4.78, 5) is 22.4. The van der Waals surface area contributed by atoms with Crippen molar-refractivity contribution in [2.75, 3.05) is 19.8 Å². The molecule has 3 unspecified atom stereocenters. The summed E-state index contributed by atoms with van der Waals surface area (Å²) in [6.45, 7) is 4.02. The number of rotatable bonds is 30. The summed E-state index contributed by atoms with van der Waals surface area (Å²) in [6.07, 6.45) is 31.9. The molecule has 0 aliphatic rings. The summed E-state index contributed by atoms with van der Waals surface area (Å²) in [6, 6.07) is -0.863. The summed E-state index contributed by atoms with van der Waals surface area (Å²) < 4.78 is 21.9. The Kier molecular flexibility index (Phi) is 28.9. The summed E-state index contributed by atoms with van der Waals surface area (Å²) in [5, 5.41) is 13.5. The minimum absolute atomic E-state index is 0.0748. The number of allylic oxidation sites excluding steroid dienone is 5. The van der Waals surface area contributed by atoms with Crippen LogP contribution in [0.15, 0.2) is 36.5 Å². The number of nitrogens with two attached hydrogens (primary N) is 1. The Hall–Kier alpha value is -1.28. The number of aliphatic hydroxyl groups excluding tert-OH is 1. The Morgan fingerprint density at radius 3 is 1.93 bits per heavy atom. The Morgan fingerprint density at radius 1 is 0.786 bits per heavy atom. The topological polar surface area (TPSA) is 131 Å². The van der Waals surface area contributed by atoms with Gasteiger partial charge in [-0.15, -0.1) is 0 Å². The van der Waals surface area contributed by atoms with E-state index in [-0.39, 0.29) is 25.7 Å². The molecule has 0 bridgehead atoms. The molecule has 0 saturated heterocycles. The Bertz CT molecular complexity index is 759. The molecule has 3 atom stereocenters. The van der Waals surface area contributed by atoms with E-state index >= 15 is 0 Å². The van der Waals surface area contributed by atoms with E-state index in [1.165, 1.54) is 51.4 Å². The third-order valence-corrected chi connectivity index (χ3v) is 7.94. The highest BCUT2D eigenvalue weighted by Gasteiger charge is 2.26. The molecule has 0 rings (SSSR count). The van der Waals surface area contributed by atoms with Crippen molar-refractivity contribution in [1.29, 1.82) is 0 Å². The lowest BCUT2D eigenvalue weighted by Gasteiger charge is -2.23. The van der Waals surface area contributed by atoms with Crippen LogP contribution in [-0.4, -0.2) is 47.8 Å². The van der Waals surface area contributed by atoms with Gasteiger partial charge in [-0.25, -0.2) is 4.57 Å². The van der Waals surface area contributed by atoms with E-state index in [1.54, 1.807) is 6.08 Å². The highest BCUT2D eigenvalue weighted by atomic mass is 31.2. The van der Waals surface area contributed by atoms with Gasteiger partial charge in [0.15, 0.2) is 0 Å². The average Bonchev–Trinajstić information content (AvgIpc) is 2.97. The van der Waals surface area contributed by atoms with Gasteiger partial charge in [-0.2, -0.15) is 0 Å². The fourth-order valence-electron chi connectivity index (χ4n) is 4.39. The van der Waals surface area contributed by atoms with E-state index in [2.05, 4.69) is 43.5 Å². The Morgan fingerprint density at radius 2 is 1.31 bits per heavy atom. The predicted molar refractivity (Wildman–Crippen MR) is 175 cm³/mol. The van der Waals surface area contributed by atoms with Crippen LogP contribution in [0.4, 0.5) is 0 Å². The summed E-state index contributed by atoms with van der Waals surface area (Å²) >= 11 is 0. The van der Waals surface area contributed by atoms with Crippen LogP contribution in [0.3, 0.4) is 0 Å². The smallest absolute Gasteiger partial charge is 0.387 e. The molecule has 42 heavy (non-hydrogen) atoms. The first-order valence-electron chi connectivity index (χ1n) is 16.6. The van der Waals surface area contributed by atoms with Crippen LogP contribution in [0.1, 0.15) is 136 Å².